The van der Waals surface area contributed by atoms with E-state index in [-0.39, 0.29) is 30.7 Å². The summed E-state index contributed by atoms with van der Waals surface area (Å²) in [5.41, 5.74) is 2.21. The molecule has 0 aliphatic carbocycles. The normalized spacial score (nSPS) is 10.5. The Bertz CT molecular complexity index is 1270. The van der Waals surface area contributed by atoms with Crippen molar-refractivity contribution in [2.45, 2.75) is 19.5 Å². The first kappa shape index (κ1) is 25.5. The van der Waals surface area contributed by atoms with Crippen molar-refractivity contribution in [3.05, 3.63) is 114 Å². The zero-order valence-electron chi connectivity index (χ0n) is 20.6. The van der Waals surface area contributed by atoms with Crippen molar-refractivity contribution in [3.8, 4) is 11.5 Å². The van der Waals surface area contributed by atoms with E-state index < -0.39 is 0 Å². The number of carbonyl (C=O) groups is 2. The molecule has 2 amide bonds. The minimum Gasteiger partial charge on any atom is -0.497 e. The Morgan fingerprint density at radius 2 is 1.57 bits per heavy atom. The minimum absolute atomic E-state index is 0.121. The van der Waals surface area contributed by atoms with E-state index in [2.05, 4.69) is 10.5 Å². The van der Waals surface area contributed by atoms with Crippen LogP contribution in [0.4, 0.5) is 0 Å². The molecular weight excluding hydrogens is 470 g/mol. The van der Waals surface area contributed by atoms with Gasteiger partial charge in [0.05, 0.1) is 13.7 Å². The number of para-hydroxylation sites is 1. The van der Waals surface area contributed by atoms with Gasteiger partial charge in [-0.2, -0.15) is 0 Å². The second kappa shape index (κ2) is 12.9. The third-order valence-electron chi connectivity index (χ3n) is 5.67. The lowest BCUT2D eigenvalue weighted by atomic mass is 10.1. The van der Waals surface area contributed by atoms with E-state index in [0.717, 1.165) is 16.9 Å². The van der Waals surface area contributed by atoms with E-state index >= 15 is 0 Å². The lowest BCUT2D eigenvalue weighted by Crippen LogP contribution is -2.34. The van der Waals surface area contributed by atoms with Crippen molar-refractivity contribution >= 4 is 11.8 Å². The molecule has 3 aromatic carbocycles. The molecule has 0 saturated heterocycles. The van der Waals surface area contributed by atoms with Crippen molar-refractivity contribution in [3.63, 3.8) is 0 Å². The molecule has 4 rings (SSSR count). The highest BCUT2D eigenvalue weighted by Crippen LogP contribution is 2.14. The van der Waals surface area contributed by atoms with Crippen LogP contribution in [0.15, 0.2) is 95.5 Å². The fourth-order valence-corrected chi connectivity index (χ4v) is 3.67. The summed E-state index contributed by atoms with van der Waals surface area (Å²) in [7, 11) is 1.62. The van der Waals surface area contributed by atoms with Crippen molar-refractivity contribution < 1.29 is 23.6 Å². The molecule has 0 unspecified atom stereocenters. The molecule has 0 fully saturated rings. The largest absolute Gasteiger partial charge is 0.497 e. The molecule has 37 heavy (non-hydrogen) atoms. The average Bonchev–Trinajstić information content (AvgIpc) is 3.41. The Morgan fingerprint density at radius 3 is 2.27 bits per heavy atom. The van der Waals surface area contributed by atoms with Crippen LogP contribution in [-0.4, -0.2) is 42.1 Å². The van der Waals surface area contributed by atoms with Gasteiger partial charge in [-0.05, 0) is 41.8 Å². The van der Waals surface area contributed by atoms with Crippen LogP contribution in [0.5, 0.6) is 11.5 Å². The topological polar surface area (TPSA) is 93.9 Å². The number of hydrogen-bond donors (Lipinski definition) is 1. The molecule has 0 bridgehead atoms. The predicted octanol–water partition coefficient (Wildman–Crippen LogP) is 4.26. The van der Waals surface area contributed by atoms with Gasteiger partial charge >= 0.3 is 0 Å². The summed E-state index contributed by atoms with van der Waals surface area (Å²) in [4.78, 5) is 27.2. The Labute approximate surface area is 215 Å². The van der Waals surface area contributed by atoms with E-state index in [0.29, 0.717) is 31.0 Å². The lowest BCUT2D eigenvalue weighted by molar-refractivity contribution is -0.135. The molecule has 190 valence electrons. The van der Waals surface area contributed by atoms with Crippen LogP contribution >= 0.6 is 0 Å². The van der Waals surface area contributed by atoms with E-state index in [1.165, 1.54) is 0 Å². The van der Waals surface area contributed by atoms with Crippen molar-refractivity contribution in [1.82, 2.24) is 15.4 Å². The number of hydrogen-bond acceptors (Lipinski definition) is 6. The van der Waals surface area contributed by atoms with Crippen LogP contribution in [0.25, 0.3) is 0 Å². The second-order valence-electron chi connectivity index (χ2n) is 8.37. The second-order valence-corrected chi connectivity index (χ2v) is 8.37. The molecule has 1 aromatic heterocycles. The number of rotatable bonds is 12. The van der Waals surface area contributed by atoms with Gasteiger partial charge in [-0.3, -0.25) is 9.59 Å². The van der Waals surface area contributed by atoms with Gasteiger partial charge < -0.3 is 24.2 Å². The van der Waals surface area contributed by atoms with Gasteiger partial charge in [0, 0.05) is 19.2 Å². The fraction of sp³-hybridized carbons (Fsp3) is 0.207. The van der Waals surface area contributed by atoms with Gasteiger partial charge in [0.2, 0.25) is 0 Å². The zero-order valence-corrected chi connectivity index (χ0v) is 20.6. The first-order valence-electron chi connectivity index (χ1n) is 12.0. The SMILES string of the molecule is COc1ccc(CCNC(=O)c2cc(CN(Cc3ccccc3)C(=O)COc3ccccc3)on2)cc1. The van der Waals surface area contributed by atoms with Crippen LogP contribution in [-0.2, 0) is 24.3 Å². The van der Waals surface area contributed by atoms with E-state index in [1.54, 1.807) is 30.2 Å². The maximum atomic E-state index is 13.0. The van der Waals surface area contributed by atoms with Crippen LogP contribution < -0.4 is 14.8 Å². The van der Waals surface area contributed by atoms with Gasteiger partial charge in [0.25, 0.3) is 11.8 Å². The summed E-state index contributed by atoms with van der Waals surface area (Å²) >= 11 is 0. The molecule has 8 heteroatoms. The van der Waals surface area contributed by atoms with Gasteiger partial charge in [-0.1, -0.05) is 65.8 Å². The van der Waals surface area contributed by atoms with E-state index in [4.69, 9.17) is 14.0 Å². The molecule has 0 aliphatic heterocycles. The van der Waals surface area contributed by atoms with Gasteiger partial charge in [0.15, 0.2) is 18.1 Å². The minimum atomic E-state index is -0.336. The summed E-state index contributed by atoms with van der Waals surface area (Å²) in [5, 5.41) is 6.76. The molecular formula is C29H29N3O5. The smallest absolute Gasteiger partial charge is 0.273 e. The third-order valence-corrected chi connectivity index (χ3v) is 5.67. The monoisotopic (exact) mass is 499 g/mol. The number of amides is 2. The summed E-state index contributed by atoms with van der Waals surface area (Å²) < 4.78 is 16.2. The Morgan fingerprint density at radius 1 is 0.865 bits per heavy atom. The maximum absolute atomic E-state index is 13.0. The van der Waals surface area contributed by atoms with Gasteiger partial charge in [-0.25, -0.2) is 0 Å². The highest BCUT2D eigenvalue weighted by atomic mass is 16.5. The molecule has 8 nitrogen and oxygen atoms in total. The molecule has 0 radical (unpaired) electrons. The molecule has 0 spiro atoms. The van der Waals surface area contributed by atoms with Crippen molar-refractivity contribution in [2.75, 3.05) is 20.3 Å². The number of ether oxygens (including phenoxy) is 2. The Kier molecular flexibility index (Phi) is 8.91. The first-order valence-corrected chi connectivity index (χ1v) is 12.0. The highest BCUT2D eigenvalue weighted by molar-refractivity contribution is 5.92. The first-order chi connectivity index (χ1) is 18.1. The number of methoxy groups -OCH3 is 1. The lowest BCUT2D eigenvalue weighted by Gasteiger charge is -2.21. The third kappa shape index (κ3) is 7.70. The number of carbonyl (C=O) groups excluding carboxylic acids is 2. The number of nitrogens with zero attached hydrogens (tertiary/aromatic N) is 2. The Balaban J connectivity index is 1.34. The average molecular weight is 500 g/mol. The van der Waals surface area contributed by atoms with Crippen molar-refractivity contribution in [1.29, 1.82) is 0 Å². The predicted molar refractivity (Wildman–Crippen MR) is 138 cm³/mol. The van der Waals surface area contributed by atoms with Gasteiger partial charge in [0.1, 0.15) is 11.5 Å². The van der Waals surface area contributed by atoms with E-state index in [1.807, 2.05) is 72.8 Å². The standard InChI is InChI=1S/C29H29N3O5/c1-35-24-14-12-22(13-15-24)16-17-30-29(34)27-18-26(37-31-27)20-32(19-23-8-4-2-5-9-23)28(33)21-36-25-10-6-3-7-11-25/h2-15,18H,16-17,19-21H2,1H3,(H,30,34). The highest BCUT2D eigenvalue weighted by Gasteiger charge is 2.20. The molecule has 0 aliphatic rings. The maximum Gasteiger partial charge on any atom is 0.273 e. The van der Waals surface area contributed by atoms with Crippen LogP contribution in [0, 0.1) is 0 Å². The number of benzene rings is 3. The summed E-state index contributed by atoms with van der Waals surface area (Å²) in [6, 6.07) is 28.1. The molecule has 0 atom stereocenters. The number of nitrogens with one attached hydrogen (secondary N) is 1. The van der Waals surface area contributed by atoms with Crippen LogP contribution in [0.3, 0.4) is 0 Å². The van der Waals surface area contributed by atoms with Crippen LogP contribution in [0.1, 0.15) is 27.4 Å². The van der Waals surface area contributed by atoms with Crippen molar-refractivity contribution in [2.24, 2.45) is 0 Å². The van der Waals surface area contributed by atoms with Gasteiger partial charge in [-0.15, -0.1) is 0 Å². The van der Waals surface area contributed by atoms with E-state index in [9.17, 15) is 9.59 Å². The fourth-order valence-electron chi connectivity index (χ4n) is 3.67. The summed E-state index contributed by atoms with van der Waals surface area (Å²) in [5.74, 6) is 1.26. The van der Waals surface area contributed by atoms with Crippen LogP contribution in [0.2, 0.25) is 0 Å². The molecule has 1 N–H and O–H groups in total. The quantitative estimate of drug-likeness (QED) is 0.313. The molecule has 1 heterocycles. The number of aromatic nitrogens is 1. The molecule has 4 aromatic rings. The summed E-state index contributed by atoms with van der Waals surface area (Å²) in [6.45, 7) is 0.840. The Hall–Kier alpha value is -4.59. The molecule has 0 saturated carbocycles. The summed E-state index contributed by atoms with van der Waals surface area (Å²) in [6.07, 6.45) is 0.668. The zero-order chi connectivity index (χ0) is 25.9.